The number of ether oxygens (including phenoxy) is 2. The molecule has 1 heterocycles. The lowest BCUT2D eigenvalue weighted by molar-refractivity contribution is 0.0694. The summed E-state index contributed by atoms with van der Waals surface area (Å²) in [5, 5.41) is 1.20. The lowest BCUT2D eigenvalue weighted by Crippen LogP contribution is -2.40. The van der Waals surface area contributed by atoms with E-state index in [4.69, 9.17) is 32.7 Å². The van der Waals surface area contributed by atoms with Gasteiger partial charge in [-0.1, -0.05) is 41.4 Å². The van der Waals surface area contributed by atoms with Gasteiger partial charge in [-0.3, -0.25) is 4.79 Å². The molecule has 1 aliphatic rings. The molecule has 0 N–H and O–H groups in total. The molecule has 154 valence electrons. The highest BCUT2D eigenvalue weighted by Gasteiger charge is 2.34. The highest BCUT2D eigenvalue weighted by Crippen LogP contribution is 2.43. The Hall–Kier alpha value is -2.69. The number of hydrogen-bond acceptors (Lipinski definition) is 3. The summed E-state index contributed by atoms with van der Waals surface area (Å²) in [5.74, 6) is 1.22. The van der Waals surface area contributed by atoms with E-state index in [0.717, 1.165) is 16.7 Å². The highest BCUT2D eigenvalue weighted by atomic mass is 35.5. The molecule has 6 heteroatoms. The molecule has 0 saturated carbocycles. The van der Waals surface area contributed by atoms with Crippen LogP contribution in [-0.4, -0.2) is 31.6 Å². The smallest absolute Gasteiger partial charge is 0.254 e. The summed E-state index contributed by atoms with van der Waals surface area (Å²) in [4.78, 5) is 15.3. The van der Waals surface area contributed by atoms with Crippen LogP contribution in [0, 0.1) is 0 Å². The van der Waals surface area contributed by atoms with Gasteiger partial charge in [0, 0.05) is 22.2 Å². The Bertz CT molecular complexity index is 1080. The first kappa shape index (κ1) is 20.6. The molecule has 0 saturated heterocycles. The topological polar surface area (TPSA) is 38.8 Å². The largest absolute Gasteiger partial charge is 0.493 e. The van der Waals surface area contributed by atoms with Crippen molar-refractivity contribution in [1.29, 1.82) is 0 Å². The molecule has 0 aliphatic carbocycles. The molecule has 3 aromatic carbocycles. The van der Waals surface area contributed by atoms with Crippen molar-refractivity contribution in [3.63, 3.8) is 0 Å². The van der Waals surface area contributed by atoms with Gasteiger partial charge in [-0.2, -0.15) is 0 Å². The van der Waals surface area contributed by atoms with Crippen molar-refractivity contribution in [3.8, 4) is 11.5 Å². The van der Waals surface area contributed by atoms with Gasteiger partial charge in [-0.05, 0) is 65.6 Å². The zero-order chi connectivity index (χ0) is 21.3. The standard InChI is InChI=1S/C24H21Cl2NO3/c1-29-21-13-16-11-12-27(24(28)15-7-9-17(25)10-8-15)23(19(16)14-22(21)30-2)18-5-3-4-6-20(18)26/h3-10,13-14,23H,11-12H2,1-2H3/t23-/m1/s1. The molecule has 0 aromatic heterocycles. The van der Waals surface area contributed by atoms with Crippen molar-refractivity contribution in [2.24, 2.45) is 0 Å². The predicted molar refractivity (Wildman–Crippen MR) is 119 cm³/mol. The van der Waals surface area contributed by atoms with E-state index in [1.165, 1.54) is 0 Å². The fourth-order valence-electron chi connectivity index (χ4n) is 3.96. The van der Waals surface area contributed by atoms with Crippen LogP contribution in [0.4, 0.5) is 0 Å². The SMILES string of the molecule is COc1cc2c(cc1OC)[C@@H](c1ccccc1Cl)N(C(=O)c1ccc(Cl)cc1)CC2. The first-order valence-corrected chi connectivity index (χ1v) is 10.3. The molecule has 0 fully saturated rings. The highest BCUT2D eigenvalue weighted by molar-refractivity contribution is 6.31. The molecular weight excluding hydrogens is 421 g/mol. The minimum absolute atomic E-state index is 0.0722. The van der Waals surface area contributed by atoms with Crippen LogP contribution in [0.15, 0.2) is 60.7 Å². The number of amides is 1. The van der Waals surface area contributed by atoms with Crippen molar-refractivity contribution in [1.82, 2.24) is 4.90 Å². The number of carbonyl (C=O) groups is 1. The fourth-order valence-corrected chi connectivity index (χ4v) is 4.32. The van der Waals surface area contributed by atoms with Gasteiger partial charge in [-0.15, -0.1) is 0 Å². The van der Waals surface area contributed by atoms with Crippen LogP contribution in [0.1, 0.15) is 33.1 Å². The summed E-state index contributed by atoms with van der Waals surface area (Å²) in [7, 11) is 3.23. The number of fused-ring (bicyclic) bond motifs is 1. The summed E-state index contributed by atoms with van der Waals surface area (Å²) in [6, 6.07) is 18.2. The molecule has 0 bridgehead atoms. The summed E-state index contributed by atoms with van der Waals surface area (Å²) >= 11 is 12.6. The van der Waals surface area contributed by atoms with Gasteiger partial charge in [0.05, 0.1) is 20.3 Å². The van der Waals surface area contributed by atoms with Crippen LogP contribution in [-0.2, 0) is 6.42 Å². The average Bonchev–Trinajstić information content (AvgIpc) is 2.78. The maximum Gasteiger partial charge on any atom is 0.254 e. The summed E-state index contributed by atoms with van der Waals surface area (Å²) in [6.07, 6.45) is 0.704. The second-order valence-electron chi connectivity index (χ2n) is 7.09. The lowest BCUT2D eigenvalue weighted by atomic mass is 9.87. The van der Waals surface area contributed by atoms with Crippen molar-refractivity contribution in [2.75, 3.05) is 20.8 Å². The van der Waals surface area contributed by atoms with Gasteiger partial charge in [-0.25, -0.2) is 0 Å². The van der Waals surface area contributed by atoms with Crippen LogP contribution in [0.3, 0.4) is 0 Å². The van der Waals surface area contributed by atoms with Gasteiger partial charge in [0.15, 0.2) is 11.5 Å². The first-order chi connectivity index (χ1) is 14.5. The molecule has 1 amide bonds. The van der Waals surface area contributed by atoms with Crippen molar-refractivity contribution >= 4 is 29.1 Å². The Morgan fingerprint density at radius 2 is 1.60 bits per heavy atom. The Labute approximate surface area is 185 Å². The van der Waals surface area contributed by atoms with E-state index in [1.54, 1.807) is 38.5 Å². The Morgan fingerprint density at radius 3 is 2.27 bits per heavy atom. The Kier molecular flexibility index (Phi) is 5.89. The van der Waals surface area contributed by atoms with E-state index in [-0.39, 0.29) is 11.9 Å². The number of methoxy groups -OCH3 is 2. The van der Waals surface area contributed by atoms with Crippen molar-refractivity contribution in [2.45, 2.75) is 12.5 Å². The quantitative estimate of drug-likeness (QED) is 0.513. The van der Waals surface area contributed by atoms with Crippen LogP contribution >= 0.6 is 23.2 Å². The van der Waals surface area contributed by atoms with Crippen molar-refractivity contribution in [3.05, 3.63) is 93.0 Å². The minimum Gasteiger partial charge on any atom is -0.493 e. The molecule has 1 aliphatic heterocycles. The number of halogens is 2. The molecule has 4 rings (SSSR count). The van der Waals surface area contributed by atoms with Crippen LogP contribution in [0.25, 0.3) is 0 Å². The van der Waals surface area contributed by atoms with Gasteiger partial charge in [0.25, 0.3) is 5.91 Å². The molecule has 0 spiro atoms. The Balaban J connectivity index is 1.86. The molecule has 4 nitrogen and oxygen atoms in total. The maximum absolute atomic E-state index is 13.5. The number of benzene rings is 3. The fraction of sp³-hybridized carbons (Fsp3) is 0.208. The van der Waals surface area contributed by atoms with E-state index in [1.807, 2.05) is 41.3 Å². The van der Waals surface area contributed by atoms with E-state index in [0.29, 0.717) is 40.1 Å². The van der Waals surface area contributed by atoms with Crippen LogP contribution < -0.4 is 9.47 Å². The van der Waals surface area contributed by atoms with Crippen LogP contribution in [0.2, 0.25) is 10.0 Å². The van der Waals surface area contributed by atoms with Gasteiger partial charge < -0.3 is 14.4 Å². The van der Waals surface area contributed by atoms with Gasteiger partial charge >= 0.3 is 0 Å². The number of hydrogen-bond donors (Lipinski definition) is 0. The number of carbonyl (C=O) groups excluding carboxylic acids is 1. The lowest BCUT2D eigenvalue weighted by Gasteiger charge is -2.38. The number of rotatable bonds is 4. The van der Waals surface area contributed by atoms with E-state index < -0.39 is 0 Å². The molecule has 3 aromatic rings. The molecular formula is C24H21Cl2NO3. The number of nitrogens with zero attached hydrogens (tertiary/aromatic N) is 1. The third-order valence-electron chi connectivity index (χ3n) is 5.43. The normalized spacial score (nSPS) is 15.5. The van der Waals surface area contributed by atoms with Crippen LogP contribution in [0.5, 0.6) is 11.5 Å². The third kappa shape index (κ3) is 3.73. The zero-order valence-corrected chi connectivity index (χ0v) is 18.2. The third-order valence-corrected chi connectivity index (χ3v) is 6.02. The molecule has 0 radical (unpaired) electrons. The molecule has 0 unspecified atom stereocenters. The first-order valence-electron chi connectivity index (χ1n) is 9.59. The second-order valence-corrected chi connectivity index (χ2v) is 7.93. The van der Waals surface area contributed by atoms with E-state index in [9.17, 15) is 4.79 Å². The zero-order valence-electron chi connectivity index (χ0n) is 16.7. The molecule has 30 heavy (non-hydrogen) atoms. The minimum atomic E-state index is -0.342. The van der Waals surface area contributed by atoms with E-state index in [2.05, 4.69) is 0 Å². The molecule has 1 atom stereocenters. The average molecular weight is 442 g/mol. The van der Waals surface area contributed by atoms with E-state index >= 15 is 0 Å². The maximum atomic E-state index is 13.5. The summed E-state index contributed by atoms with van der Waals surface area (Å²) in [6.45, 7) is 0.555. The monoisotopic (exact) mass is 441 g/mol. The van der Waals surface area contributed by atoms with Crippen molar-refractivity contribution < 1.29 is 14.3 Å². The summed E-state index contributed by atoms with van der Waals surface area (Å²) < 4.78 is 11.0. The van der Waals surface area contributed by atoms with Gasteiger partial charge in [0.1, 0.15) is 0 Å². The summed E-state index contributed by atoms with van der Waals surface area (Å²) in [5.41, 5.74) is 3.54. The Morgan fingerprint density at radius 1 is 0.933 bits per heavy atom. The van der Waals surface area contributed by atoms with Gasteiger partial charge in [0.2, 0.25) is 0 Å². The second kappa shape index (κ2) is 8.58. The predicted octanol–water partition coefficient (Wildman–Crippen LogP) is 5.80.